The first kappa shape index (κ1) is 24.0. The molecule has 0 saturated carbocycles. The maximum Gasteiger partial charge on any atom is 0.254 e. The molecule has 0 aliphatic rings. The van der Waals surface area contributed by atoms with E-state index in [-0.39, 0.29) is 24.2 Å². The number of aryl methyl sites for hydroxylation is 1. The number of hydrogen-bond acceptors (Lipinski definition) is 4. The normalized spacial score (nSPS) is 10.9. The van der Waals surface area contributed by atoms with Gasteiger partial charge in [-0.2, -0.15) is 5.10 Å². The molecule has 0 radical (unpaired) electrons. The van der Waals surface area contributed by atoms with Crippen LogP contribution >= 0.6 is 0 Å². The Bertz CT molecular complexity index is 1320. The van der Waals surface area contributed by atoms with E-state index >= 15 is 0 Å². The van der Waals surface area contributed by atoms with Crippen LogP contribution in [0.1, 0.15) is 29.8 Å². The van der Waals surface area contributed by atoms with Crippen LogP contribution in [0.15, 0.2) is 78.9 Å². The third-order valence-corrected chi connectivity index (χ3v) is 5.71. The quantitative estimate of drug-likeness (QED) is 0.311. The van der Waals surface area contributed by atoms with Gasteiger partial charge in [0.25, 0.3) is 5.91 Å². The van der Waals surface area contributed by atoms with Crippen molar-refractivity contribution in [2.24, 2.45) is 7.05 Å². The van der Waals surface area contributed by atoms with Crippen molar-refractivity contribution in [1.29, 1.82) is 0 Å². The summed E-state index contributed by atoms with van der Waals surface area (Å²) in [7, 11) is 3.31. The zero-order chi connectivity index (χ0) is 24.9. The van der Waals surface area contributed by atoms with Gasteiger partial charge in [0.1, 0.15) is 11.4 Å². The molecule has 1 heterocycles. The summed E-state index contributed by atoms with van der Waals surface area (Å²) in [4.78, 5) is 15.3. The lowest BCUT2D eigenvalue weighted by Crippen LogP contribution is -2.36. The van der Waals surface area contributed by atoms with Crippen molar-refractivity contribution in [3.63, 3.8) is 0 Å². The van der Waals surface area contributed by atoms with Crippen molar-refractivity contribution in [1.82, 2.24) is 14.7 Å². The van der Waals surface area contributed by atoms with Gasteiger partial charge >= 0.3 is 0 Å². The van der Waals surface area contributed by atoms with Gasteiger partial charge in [0.05, 0.1) is 19.2 Å². The van der Waals surface area contributed by atoms with E-state index in [4.69, 9.17) is 9.47 Å². The number of ether oxygens (including phenoxy) is 2. The molecule has 1 amide bonds. The van der Waals surface area contributed by atoms with Crippen molar-refractivity contribution in [3.8, 4) is 28.6 Å². The van der Waals surface area contributed by atoms with E-state index in [1.54, 1.807) is 66.2 Å². The summed E-state index contributed by atoms with van der Waals surface area (Å²) in [5, 5.41) is 4.69. The molecule has 0 bridgehead atoms. The number of hydrogen-bond donors (Lipinski definition) is 0. The molecular formula is C28H28FN3O3. The number of halogens is 1. The molecule has 1 aromatic heterocycles. The number of rotatable bonds is 8. The lowest BCUT2D eigenvalue weighted by molar-refractivity contribution is 0.0689. The van der Waals surface area contributed by atoms with E-state index in [9.17, 15) is 9.18 Å². The van der Waals surface area contributed by atoms with Gasteiger partial charge in [-0.15, -0.1) is 0 Å². The molecule has 35 heavy (non-hydrogen) atoms. The number of para-hydroxylation sites is 1. The zero-order valence-corrected chi connectivity index (χ0v) is 20.2. The number of carbonyl (C=O) groups is 1. The largest absolute Gasteiger partial charge is 0.497 e. The SMILES string of the molecule is COc1cccc(C(=O)N(Cc2c(-c3ccccc3)nn(C)c2Oc2ccccc2F)C(C)C)c1. The summed E-state index contributed by atoms with van der Waals surface area (Å²) in [6.45, 7) is 4.12. The molecule has 0 N–H and O–H groups in total. The molecule has 0 atom stereocenters. The van der Waals surface area contributed by atoms with Crippen LogP contribution in [0.3, 0.4) is 0 Å². The topological polar surface area (TPSA) is 56.6 Å². The standard InChI is InChI=1S/C28H28FN3O3/c1-19(2)32(27(33)21-13-10-14-22(17-21)34-4)18-23-26(20-11-6-5-7-12-20)30-31(3)28(23)35-25-16-9-8-15-24(25)29/h5-17,19H,18H2,1-4H3. The lowest BCUT2D eigenvalue weighted by Gasteiger charge is -2.27. The van der Waals surface area contributed by atoms with Gasteiger partial charge in [0, 0.05) is 24.2 Å². The Hall–Kier alpha value is -4.13. The fourth-order valence-electron chi connectivity index (χ4n) is 3.86. The molecule has 3 aromatic carbocycles. The Morgan fingerprint density at radius 2 is 1.74 bits per heavy atom. The van der Waals surface area contributed by atoms with Crippen LogP contribution < -0.4 is 9.47 Å². The summed E-state index contributed by atoms with van der Waals surface area (Å²) in [6, 6.07) is 22.8. The number of methoxy groups -OCH3 is 1. The molecule has 4 aromatic rings. The highest BCUT2D eigenvalue weighted by molar-refractivity contribution is 5.95. The predicted molar refractivity (Wildman–Crippen MR) is 133 cm³/mol. The second-order valence-electron chi connectivity index (χ2n) is 8.41. The Labute approximate surface area is 204 Å². The number of carbonyl (C=O) groups excluding carboxylic acids is 1. The van der Waals surface area contributed by atoms with Gasteiger partial charge in [0.15, 0.2) is 11.6 Å². The van der Waals surface area contributed by atoms with Gasteiger partial charge in [-0.05, 0) is 44.2 Å². The number of benzene rings is 3. The zero-order valence-electron chi connectivity index (χ0n) is 20.2. The minimum Gasteiger partial charge on any atom is -0.497 e. The molecule has 7 heteroatoms. The highest BCUT2D eigenvalue weighted by atomic mass is 19.1. The maximum atomic E-state index is 14.4. The summed E-state index contributed by atoms with van der Waals surface area (Å²) in [5.74, 6) is 0.437. The first-order chi connectivity index (χ1) is 16.9. The number of aromatic nitrogens is 2. The number of nitrogens with zero attached hydrogens (tertiary/aromatic N) is 3. The Kier molecular flexibility index (Phi) is 7.15. The molecule has 6 nitrogen and oxygen atoms in total. The maximum absolute atomic E-state index is 14.4. The van der Waals surface area contributed by atoms with E-state index < -0.39 is 5.82 Å². The van der Waals surface area contributed by atoms with E-state index in [0.29, 0.717) is 28.5 Å². The molecule has 0 unspecified atom stereocenters. The third kappa shape index (κ3) is 5.19. The molecule has 180 valence electrons. The van der Waals surface area contributed by atoms with Crippen LogP contribution in [-0.2, 0) is 13.6 Å². The molecule has 0 fully saturated rings. The first-order valence-electron chi connectivity index (χ1n) is 11.4. The Balaban J connectivity index is 1.79. The van der Waals surface area contributed by atoms with Gasteiger partial charge < -0.3 is 14.4 Å². The fourth-order valence-corrected chi connectivity index (χ4v) is 3.86. The van der Waals surface area contributed by atoms with Crippen molar-refractivity contribution < 1.29 is 18.7 Å². The molecule has 0 aliphatic carbocycles. The second kappa shape index (κ2) is 10.4. The average molecular weight is 474 g/mol. The highest BCUT2D eigenvalue weighted by Crippen LogP contribution is 2.35. The van der Waals surface area contributed by atoms with Gasteiger partial charge in [-0.3, -0.25) is 4.79 Å². The molecule has 0 spiro atoms. The van der Waals surface area contributed by atoms with E-state index in [0.717, 1.165) is 5.56 Å². The third-order valence-electron chi connectivity index (χ3n) is 5.71. The Morgan fingerprint density at radius 1 is 1.03 bits per heavy atom. The lowest BCUT2D eigenvalue weighted by atomic mass is 10.1. The summed E-state index contributed by atoms with van der Waals surface area (Å²) >= 11 is 0. The molecule has 0 saturated heterocycles. The van der Waals surface area contributed by atoms with Crippen molar-refractivity contribution in [2.75, 3.05) is 7.11 Å². The van der Waals surface area contributed by atoms with Crippen LogP contribution in [0.4, 0.5) is 4.39 Å². The van der Waals surface area contributed by atoms with Crippen LogP contribution in [0.2, 0.25) is 0 Å². The highest BCUT2D eigenvalue weighted by Gasteiger charge is 2.27. The summed E-state index contributed by atoms with van der Waals surface area (Å²) in [6.07, 6.45) is 0. The minimum absolute atomic E-state index is 0.0894. The van der Waals surface area contributed by atoms with E-state index in [2.05, 4.69) is 5.10 Å². The fraction of sp³-hybridized carbons (Fsp3) is 0.214. The average Bonchev–Trinajstić information content (AvgIpc) is 3.18. The van der Waals surface area contributed by atoms with Crippen molar-refractivity contribution >= 4 is 5.91 Å². The van der Waals surface area contributed by atoms with Crippen LogP contribution in [0.5, 0.6) is 17.4 Å². The summed E-state index contributed by atoms with van der Waals surface area (Å²) in [5.41, 5.74) is 2.74. The van der Waals surface area contributed by atoms with Crippen LogP contribution in [-0.4, -0.2) is 33.7 Å². The van der Waals surface area contributed by atoms with Crippen molar-refractivity contribution in [2.45, 2.75) is 26.4 Å². The van der Waals surface area contributed by atoms with E-state index in [1.165, 1.54) is 6.07 Å². The van der Waals surface area contributed by atoms with Gasteiger partial charge in [0.2, 0.25) is 5.88 Å². The van der Waals surface area contributed by atoms with Gasteiger partial charge in [-0.25, -0.2) is 9.07 Å². The molecule has 0 aliphatic heterocycles. The first-order valence-corrected chi connectivity index (χ1v) is 11.4. The number of amides is 1. The minimum atomic E-state index is -0.478. The van der Waals surface area contributed by atoms with E-state index in [1.807, 2.05) is 44.2 Å². The Morgan fingerprint density at radius 3 is 2.43 bits per heavy atom. The molecular weight excluding hydrogens is 445 g/mol. The smallest absolute Gasteiger partial charge is 0.254 e. The van der Waals surface area contributed by atoms with Crippen LogP contribution in [0, 0.1) is 5.82 Å². The molecule has 4 rings (SSSR count). The summed E-state index contributed by atoms with van der Waals surface area (Å²) < 4.78 is 27.4. The van der Waals surface area contributed by atoms with Gasteiger partial charge in [-0.1, -0.05) is 48.5 Å². The second-order valence-corrected chi connectivity index (χ2v) is 8.41. The predicted octanol–water partition coefficient (Wildman–Crippen LogP) is 6.08. The van der Waals surface area contributed by atoms with Crippen LogP contribution in [0.25, 0.3) is 11.3 Å². The monoisotopic (exact) mass is 473 g/mol. The van der Waals surface area contributed by atoms with Crippen molar-refractivity contribution in [3.05, 3.63) is 95.8 Å².